The molecule has 0 fully saturated rings. The van der Waals surface area contributed by atoms with Gasteiger partial charge in [-0.1, -0.05) is 12.1 Å². The van der Waals surface area contributed by atoms with Crippen molar-refractivity contribution in [2.45, 2.75) is 24.6 Å². The van der Waals surface area contributed by atoms with E-state index in [2.05, 4.69) is 5.32 Å². The first-order valence-electron chi connectivity index (χ1n) is 11.4. The van der Waals surface area contributed by atoms with E-state index in [1.54, 1.807) is 6.07 Å². The molecule has 2 atom stereocenters. The number of alkyl halides is 6. The van der Waals surface area contributed by atoms with Gasteiger partial charge in [0.15, 0.2) is 0 Å². The summed E-state index contributed by atoms with van der Waals surface area (Å²) in [5.74, 6) is -6.81. The van der Waals surface area contributed by atoms with Crippen molar-refractivity contribution in [3.63, 3.8) is 0 Å². The molecule has 0 aliphatic carbocycles. The van der Waals surface area contributed by atoms with Crippen LogP contribution in [0.2, 0.25) is 0 Å². The summed E-state index contributed by atoms with van der Waals surface area (Å²) in [4.78, 5) is 50.5. The monoisotopic (exact) mass is 594 g/mol. The van der Waals surface area contributed by atoms with Gasteiger partial charge in [-0.15, -0.1) is 0 Å². The Labute approximate surface area is 231 Å². The predicted molar refractivity (Wildman–Crippen MR) is 129 cm³/mol. The van der Waals surface area contributed by atoms with Crippen LogP contribution >= 0.6 is 0 Å². The lowest BCUT2D eigenvalue weighted by Gasteiger charge is -2.24. The molecule has 9 nitrogen and oxygen atoms in total. The number of carboxylic acid groups (broad SMARTS) is 1. The molecule has 0 aliphatic heterocycles. The summed E-state index contributed by atoms with van der Waals surface area (Å²) in [7, 11) is 0. The Bertz CT molecular complexity index is 1550. The third kappa shape index (κ3) is 7.84. The maximum atomic E-state index is 13.1. The zero-order valence-corrected chi connectivity index (χ0v) is 20.7. The third-order valence-corrected chi connectivity index (χ3v) is 5.38. The van der Waals surface area contributed by atoms with Crippen LogP contribution in [0.25, 0.3) is 0 Å². The Morgan fingerprint density at radius 1 is 0.738 bits per heavy atom. The molecular weight excluding hydrogens is 578 g/mol. The van der Waals surface area contributed by atoms with E-state index in [1.165, 1.54) is 24.3 Å². The number of rotatable bonds is 8. The number of nitrogens with zero attached hydrogens (tertiary/aromatic N) is 1. The highest BCUT2D eigenvalue weighted by Gasteiger charge is 2.42. The number of esters is 2. The summed E-state index contributed by atoms with van der Waals surface area (Å²) in [5, 5.41) is 20.8. The molecule has 0 bridgehead atoms. The third-order valence-electron chi connectivity index (χ3n) is 5.38. The lowest BCUT2D eigenvalue weighted by atomic mass is 10.1. The highest BCUT2D eigenvalue weighted by Crippen LogP contribution is 2.31. The highest BCUT2D eigenvalue weighted by atomic mass is 19.4. The first kappa shape index (κ1) is 31.1. The first-order chi connectivity index (χ1) is 19.6. The number of nitriles is 1. The molecule has 2 N–H and O–H groups in total. The second kappa shape index (κ2) is 12.4. The SMILES string of the molecule is N#Cc1ccc(NC(=O)[C@H](OC(=O)c2cccc(C(F)(F)F)c2)[C@@H](OC(=O)c2cccc(C(F)(F)F)c2)C(=O)O)cc1. The van der Waals surface area contributed by atoms with Gasteiger partial charge in [0.05, 0.1) is 33.9 Å². The van der Waals surface area contributed by atoms with Crippen LogP contribution in [0.5, 0.6) is 0 Å². The van der Waals surface area contributed by atoms with Crippen LogP contribution in [-0.4, -0.2) is 41.1 Å². The molecule has 0 heterocycles. The van der Waals surface area contributed by atoms with Gasteiger partial charge in [-0.05, 0) is 60.7 Å². The summed E-state index contributed by atoms with van der Waals surface area (Å²) in [6.45, 7) is 0. The normalized spacial score (nSPS) is 12.8. The second-order valence-electron chi connectivity index (χ2n) is 8.33. The number of hydrogen-bond acceptors (Lipinski definition) is 7. The number of halogens is 6. The molecule has 15 heteroatoms. The van der Waals surface area contributed by atoms with E-state index >= 15 is 0 Å². The van der Waals surface area contributed by atoms with Crippen molar-refractivity contribution in [1.82, 2.24) is 0 Å². The number of anilines is 1. The number of carboxylic acids is 1. The number of carbonyl (C=O) groups excluding carboxylic acids is 3. The van der Waals surface area contributed by atoms with Crippen molar-refractivity contribution in [3.8, 4) is 6.07 Å². The van der Waals surface area contributed by atoms with Gasteiger partial charge in [-0.3, -0.25) is 4.79 Å². The fourth-order valence-corrected chi connectivity index (χ4v) is 3.35. The molecule has 0 aliphatic rings. The van der Waals surface area contributed by atoms with Crippen molar-refractivity contribution in [3.05, 3.63) is 101 Å². The topological polar surface area (TPSA) is 143 Å². The number of carbonyl (C=O) groups is 4. The Balaban J connectivity index is 1.97. The summed E-state index contributed by atoms with van der Waals surface area (Å²) in [5.41, 5.74) is -3.98. The van der Waals surface area contributed by atoms with E-state index in [-0.39, 0.29) is 11.3 Å². The zero-order chi connectivity index (χ0) is 31.2. The van der Waals surface area contributed by atoms with Crippen molar-refractivity contribution < 1.29 is 60.1 Å². The van der Waals surface area contributed by atoms with Crippen LogP contribution in [0, 0.1) is 11.3 Å². The van der Waals surface area contributed by atoms with E-state index < -0.39 is 70.6 Å². The van der Waals surface area contributed by atoms with Crippen molar-refractivity contribution >= 4 is 29.5 Å². The number of hydrogen-bond donors (Lipinski definition) is 2. The molecule has 0 saturated carbocycles. The quantitative estimate of drug-likeness (QED) is 0.272. The summed E-state index contributed by atoms with van der Waals surface area (Å²) in [6, 6.07) is 12.1. The molecule has 3 aromatic carbocycles. The molecular formula is C27H16F6N2O7. The molecule has 218 valence electrons. The molecule has 0 saturated heterocycles. The molecule has 1 amide bonds. The van der Waals surface area contributed by atoms with Gasteiger partial charge in [0.1, 0.15) is 0 Å². The second-order valence-corrected chi connectivity index (χ2v) is 8.33. The van der Waals surface area contributed by atoms with E-state index in [4.69, 9.17) is 14.7 Å². The Morgan fingerprint density at radius 2 is 1.19 bits per heavy atom. The van der Waals surface area contributed by atoms with Crippen molar-refractivity contribution in [2.75, 3.05) is 5.32 Å². The van der Waals surface area contributed by atoms with Gasteiger partial charge in [0, 0.05) is 5.69 Å². The van der Waals surface area contributed by atoms with E-state index in [0.717, 1.165) is 24.3 Å². The number of benzene rings is 3. The standard InChI is InChI=1S/C27H16F6N2O7/c28-26(29,30)17-5-1-3-15(11-17)24(39)41-20(22(36)35-19-9-7-14(13-34)8-10-19)21(23(37)38)42-25(40)16-4-2-6-18(12-16)27(31,32)33/h1-12,20-21H,(H,35,36)(H,37,38)/t20-,21-/m1/s1. The van der Waals surface area contributed by atoms with Gasteiger partial charge >= 0.3 is 30.3 Å². The number of amides is 1. The Hall–Kier alpha value is -5.39. The molecule has 0 spiro atoms. The van der Waals surface area contributed by atoms with E-state index in [0.29, 0.717) is 24.3 Å². The largest absolute Gasteiger partial charge is 0.478 e. The van der Waals surface area contributed by atoms with E-state index in [9.17, 15) is 50.6 Å². The van der Waals surface area contributed by atoms with Crippen molar-refractivity contribution in [1.29, 1.82) is 5.26 Å². The molecule has 0 unspecified atom stereocenters. The van der Waals surface area contributed by atoms with Crippen LogP contribution in [0.15, 0.2) is 72.8 Å². The van der Waals surface area contributed by atoms with Gasteiger partial charge in [0.25, 0.3) is 5.91 Å². The minimum atomic E-state index is -4.88. The minimum absolute atomic E-state index is 0.0625. The van der Waals surface area contributed by atoms with Gasteiger partial charge in [0.2, 0.25) is 12.2 Å². The summed E-state index contributed by atoms with van der Waals surface area (Å²) < 4.78 is 88.3. The molecule has 42 heavy (non-hydrogen) atoms. The minimum Gasteiger partial charge on any atom is -0.478 e. The van der Waals surface area contributed by atoms with Crippen LogP contribution in [0.4, 0.5) is 32.0 Å². The first-order valence-corrected chi connectivity index (χ1v) is 11.4. The van der Waals surface area contributed by atoms with Gasteiger partial charge < -0.3 is 19.9 Å². The lowest BCUT2D eigenvalue weighted by Crippen LogP contribution is -2.48. The molecule has 3 rings (SSSR count). The fraction of sp³-hybridized carbons (Fsp3) is 0.148. The summed E-state index contributed by atoms with van der Waals surface area (Å²) >= 11 is 0. The smallest absolute Gasteiger partial charge is 0.416 e. The average Bonchev–Trinajstić information content (AvgIpc) is 2.94. The van der Waals surface area contributed by atoms with Crippen LogP contribution < -0.4 is 5.32 Å². The molecule has 3 aromatic rings. The molecule has 0 aromatic heterocycles. The maximum absolute atomic E-state index is 13.1. The number of nitrogens with one attached hydrogen (secondary N) is 1. The summed E-state index contributed by atoms with van der Waals surface area (Å²) in [6.07, 6.45) is -15.0. The average molecular weight is 594 g/mol. The maximum Gasteiger partial charge on any atom is 0.416 e. The number of ether oxygens (including phenoxy) is 2. The van der Waals surface area contributed by atoms with Crippen molar-refractivity contribution in [2.24, 2.45) is 0 Å². The van der Waals surface area contributed by atoms with Gasteiger partial charge in [-0.2, -0.15) is 31.6 Å². The number of aliphatic carboxylic acids is 1. The van der Waals surface area contributed by atoms with Crippen LogP contribution in [0.3, 0.4) is 0 Å². The van der Waals surface area contributed by atoms with Crippen LogP contribution in [0.1, 0.15) is 37.4 Å². The fourth-order valence-electron chi connectivity index (χ4n) is 3.35. The zero-order valence-electron chi connectivity index (χ0n) is 20.7. The Kier molecular flexibility index (Phi) is 9.21. The van der Waals surface area contributed by atoms with Gasteiger partial charge in [-0.25, -0.2) is 14.4 Å². The predicted octanol–water partition coefficient (Wildman–Crippen LogP) is 5.07. The Morgan fingerprint density at radius 3 is 1.60 bits per heavy atom. The van der Waals surface area contributed by atoms with E-state index in [1.807, 2.05) is 0 Å². The lowest BCUT2D eigenvalue weighted by molar-refractivity contribution is -0.157. The van der Waals surface area contributed by atoms with Crippen LogP contribution in [-0.2, 0) is 31.4 Å². The molecule has 0 radical (unpaired) electrons. The highest BCUT2D eigenvalue weighted by molar-refractivity contribution is 6.01.